The van der Waals surface area contributed by atoms with Crippen molar-refractivity contribution in [2.24, 2.45) is 0 Å². The van der Waals surface area contributed by atoms with Gasteiger partial charge in [-0.05, 0) is 20.3 Å². The molecular weight excluding hydrogens is 264 g/mol. The van der Waals surface area contributed by atoms with Crippen molar-refractivity contribution in [1.82, 2.24) is 15.0 Å². The maximum Gasteiger partial charge on any atom is 0.363 e. The molecule has 0 saturated heterocycles. The van der Waals surface area contributed by atoms with Crippen molar-refractivity contribution in [2.75, 3.05) is 12.3 Å². The van der Waals surface area contributed by atoms with E-state index in [1.165, 1.54) is 0 Å². The highest BCUT2D eigenvalue weighted by Gasteiger charge is 2.21. The summed E-state index contributed by atoms with van der Waals surface area (Å²) in [5.41, 5.74) is 5.62. The summed E-state index contributed by atoms with van der Waals surface area (Å²) in [5, 5.41) is 7.28. The van der Waals surface area contributed by atoms with Crippen molar-refractivity contribution < 1.29 is 19.1 Å². The molecular formula is C12H20N4O4. The molecule has 0 aromatic carbocycles. The average molecular weight is 284 g/mol. The van der Waals surface area contributed by atoms with Gasteiger partial charge in [-0.1, -0.05) is 18.6 Å². The van der Waals surface area contributed by atoms with Crippen molar-refractivity contribution in [3.63, 3.8) is 0 Å². The maximum absolute atomic E-state index is 11.7. The third-order valence-corrected chi connectivity index (χ3v) is 2.35. The van der Waals surface area contributed by atoms with Crippen LogP contribution in [0.2, 0.25) is 0 Å². The van der Waals surface area contributed by atoms with E-state index >= 15 is 0 Å². The Labute approximate surface area is 117 Å². The highest BCUT2D eigenvalue weighted by molar-refractivity contribution is 5.92. The lowest BCUT2D eigenvalue weighted by Crippen LogP contribution is -2.18. The van der Waals surface area contributed by atoms with Gasteiger partial charge in [-0.25, -0.2) is 9.48 Å². The molecule has 0 aliphatic heterocycles. The molecule has 1 aromatic rings. The molecule has 112 valence electrons. The Bertz CT molecular complexity index is 470. The van der Waals surface area contributed by atoms with Gasteiger partial charge < -0.3 is 15.2 Å². The fraction of sp³-hybridized carbons (Fsp3) is 0.667. The Kier molecular flexibility index (Phi) is 5.95. The molecule has 0 aliphatic carbocycles. The minimum absolute atomic E-state index is 0.0110. The molecule has 1 aromatic heterocycles. The molecule has 0 fully saturated rings. The summed E-state index contributed by atoms with van der Waals surface area (Å²) < 4.78 is 11.1. The molecule has 0 saturated carbocycles. The predicted octanol–water partition coefficient (Wildman–Crippen LogP) is 0.769. The number of anilines is 1. The largest absolute Gasteiger partial charge is 0.464 e. The van der Waals surface area contributed by atoms with E-state index in [1.54, 1.807) is 13.8 Å². The number of hydrogen-bond donors (Lipinski definition) is 1. The van der Waals surface area contributed by atoms with Crippen LogP contribution < -0.4 is 5.73 Å². The molecule has 0 atom stereocenters. The van der Waals surface area contributed by atoms with Gasteiger partial charge in [0.2, 0.25) is 5.69 Å². The molecule has 0 amide bonds. The Morgan fingerprint density at radius 2 is 2.10 bits per heavy atom. The Morgan fingerprint density at radius 3 is 2.70 bits per heavy atom. The summed E-state index contributed by atoms with van der Waals surface area (Å²) in [5.74, 6) is -1.15. The van der Waals surface area contributed by atoms with E-state index in [0.717, 1.165) is 17.5 Å². The first kappa shape index (κ1) is 15.9. The Balaban J connectivity index is 2.62. The van der Waals surface area contributed by atoms with Crippen LogP contribution in [0.15, 0.2) is 0 Å². The zero-order valence-corrected chi connectivity index (χ0v) is 12.0. The number of nitrogens with two attached hydrogens (primary N) is 1. The highest BCUT2D eigenvalue weighted by atomic mass is 16.5. The number of hydrogen-bond acceptors (Lipinski definition) is 7. The third kappa shape index (κ3) is 4.52. The van der Waals surface area contributed by atoms with Gasteiger partial charge in [-0.15, -0.1) is 5.10 Å². The van der Waals surface area contributed by atoms with Gasteiger partial charge >= 0.3 is 11.9 Å². The summed E-state index contributed by atoms with van der Waals surface area (Å²) >= 11 is 0. The van der Waals surface area contributed by atoms with Crippen LogP contribution in [0.25, 0.3) is 0 Å². The van der Waals surface area contributed by atoms with Gasteiger partial charge in [-0.2, -0.15) is 0 Å². The maximum atomic E-state index is 11.7. The monoisotopic (exact) mass is 284 g/mol. The number of carbonyl (C=O) groups excluding carboxylic acids is 2. The van der Waals surface area contributed by atoms with Crippen LogP contribution in [0.4, 0.5) is 5.82 Å². The van der Waals surface area contributed by atoms with E-state index < -0.39 is 11.9 Å². The van der Waals surface area contributed by atoms with Crippen molar-refractivity contribution in [3.8, 4) is 0 Å². The van der Waals surface area contributed by atoms with Gasteiger partial charge in [0.1, 0.15) is 6.54 Å². The lowest BCUT2D eigenvalue weighted by atomic mass is 10.4. The van der Waals surface area contributed by atoms with Gasteiger partial charge in [0.05, 0.1) is 12.7 Å². The van der Waals surface area contributed by atoms with Crippen LogP contribution in [0, 0.1) is 0 Å². The van der Waals surface area contributed by atoms with Crippen LogP contribution in [-0.2, 0) is 20.8 Å². The molecule has 2 N–H and O–H groups in total. The standard InChI is InChI=1S/C12H20N4O4/c1-4-5-6-19-9(17)7-16-11(13)10(14-15-16)12(18)20-8(2)3/h8H,4-7,13H2,1-3H3. The van der Waals surface area contributed by atoms with E-state index in [-0.39, 0.29) is 24.2 Å². The number of aromatic nitrogens is 3. The van der Waals surface area contributed by atoms with Gasteiger partial charge in [-0.3, -0.25) is 4.79 Å². The highest BCUT2D eigenvalue weighted by Crippen LogP contribution is 2.10. The molecule has 1 heterocycles. The molecule has 8 nitrogen and oxygen atoms in total. The second-order valence-electron chi connectivity index (χ2n) is 4.51. The first-order chi connectivity index (χ1) is 9.45. The Morgan fingerprint density at radius 1 is 1.40 bits per heavy atom. The lowest BCUT2D eigenvalue weighted by Gasteiger charge is -2.06. The zero-order valence-electron chi connectivity index (χ0n) is 12.0. The van der Waals surface area contributed by atoms with E-state index in [4.69, 9.17) is 15.2 Å². The second kappa shape index (κ2) is 7.46. The van der Waals surface area contributed by atoms with Crippen molar-refractivity contribution in [2.45, 2.75) is 46.3 Å². The van der Waals surface area contributed by atoms with Gasteiger partial charge in [0.25, 0.3) is 0 Å². The number of rotatable bonds is 7. The number of carbonyl (C=O) groups is 2. The number of esters is 2. The molecule has 0 spiro atoms. The molecule has 8 heteroatoms. The topological polar surface area (TPSA) is 109 Å². The minimum Gasteiger partial charge on any atom is -0.464 e. The fourth-order valence-corrected chi connectivity index (χ4v) is 1.35. The molecule has 20 heavy (non-hydrogen) atoms. The summed E-state index contributed by atoms with van der Waals surface area (Å²) in [6.07, 6.45) is 1.44. The van der Waals surface area contributed by atoms with Crippen LogP contribution in [0.5, 0.6) is 0 Å². The number of unbranched alkanes of at least 4 members (excludes halogenated alkanes) is 1. The lowest BCUT2D eigenvalue weighted by molar-refractivity contribution is -0.144. The van der Waals surface area contributed by atoms with Crippen LogP contribution >= 0.6 is 0 Å². The molecule has 1 rings (SSSR count). The van der Waals surface area contributed by atoms with Crippen LogP contribution in [0.1, 0.15) is 44.1 Å². The number of ether oxygens (including phenoxy) is 2. The normalized spacial score (nSPS) is 10.6. The number of nitrogens with zero attached hydrogens (tertiary/aromatic N) is 3. The summed E-state index contributed by atoms with van der Waals surface area (Å²) in [7, 11) is 0. The van der Waals surface area contributed by atoms with Gasteiger partial charge in [0, 0.05) is 0 Å². The van der Waals surface area contributed by atoms with Crippen LogP contribution in [0.3, 0.4) is 0 Å². The quantitative estimate of drug-likeness (QED) is 0.581. The minimum atomic E-state index is -0.664. The molecule has 0 bridgehead atoms. The fourth-order valence-electron chi connectivity index (χ4n) is 1.35. The average Bonchev–Trinajstić information content (AvgIpc) is 2.70. The zero-order chi connectivity index (χ0) is 15.1. The molecule has 0 radical (unpaired) electrons. The molecule has 0 unspecified atom stereocenters. The van der Waals surface area contributed by atoms with E-state index in [9.17, 15) is 9.59 Å². The summed E-state index contributed by atoms with van der Waals surface area (Å²) in [6.45, 7) is 5.59. The predicted molar refractivity (Wildman–Crippen MR) is 70.9 cm³/mol. The van der Waals surface area contributed by atoms with Crippen molar-refractivity contribution in [3.05, 3.63) is 5.69 Å². The Hall–Kier alpha value is -2.12. The van der Waals surface area contributed by atoms with Crippen LogP contribution in [-0.4, -0.2) is 39.6 Å². The van der Waals surface area contributed by atoms with E-state index in [1.807, 2.05) is 6.92 Å². The smallest absolute Gasteiger partial charge is 0.363 e. The van der Waals surface area contributed by atoms with E-state index in [0.29, 0.717) is 6.61 Å². The summed E-state index contributed by atoms with van der Waals surface area (Å²) in [4.78, 5) is 23.2. The first-order valence-corrected chi connectivity index (χ1v) is 6.51. The van der Waals surface area contributed by atoms with Crippen molar-refractivity contribution in [1.29, 1.82) is 0 Å². The number of nitrogen functional groups attached to an aromatic ring is 1. The molecule has 0 aliphatic rings. The summed E-state index contributed by atoms with van der Waals surface area (Å²) in [6, 6.07) is 0. The first-order valence-electron chi connectivity index (χ1n) is 6.51. The SMILES string of the molecule is CCCCOC(=O)Cn1nnc(C(=O)OC(C)C)c1N. The second-order valence-corrected chi connectivity index (χ2v) is 4.51. The van der Waals surface area contributed by atoms with Crippen molar-refractivity contribution >= 4 is 17.8 Å². The third-order valence-electron chi connectivity index (χ3n) is 2.35. The van der Waals surface area contributed by atoms with E-state index in [2.05, 4.69) is 10.3 Å². The van der Waals surface area contributed by atoms with Gasteiger partial charge in [0.15, 0.2) is 5.82 Å².